The molecule has 7 aliphatic rings. The van der Waals surface area contributed by atoms with Crippen molar-refractivity contribution in [2.45, 2.75) is 335 Å². The van der Waals surface area contributed by atoms with Gasteiger partial charge < -0.3 is 85.7 Å². The Kier molecular flexibility index (Phi) is 61.7. The second-order valence-corrected chi connectivity index (χ2v) is 53.4. The van der Waals surface area contributed by atoms with Crippen LogP contribution in [0.5, 0.6) is 0 Å². The van der Waals surface area contributed by atoms with Gasteiger partial charge in [0.25, 0.3) is 0 Å². The van der Waals surface area contributed by atoms with E-state index in [-0.39, 0.29) is 127 Å². The number of quaternary nitrogens is 2. The molecule has 0 aliphatic carbocycles. The average molecular weight is 2000 g/mol. The highest BCUT2D eigenvalue weighted by atomic mass is 79.9. The number of nitrogens with zero attached hydrogens (tertiary/aromatic N) is 5. The lowest BCUT2D eigenvalue weighted by molar-refractivity contribution is -0.943. The normalized spacial score (nSPS) is 21.2. The average Bonchev–Trinajstić information content (AvgIpc) is 0.798. The minimum Gasteiger partial charge on any atom is -1.00 e. The number of rotatable bonds is 32. The zero-order chi connectivity index (χ0) is 95.5. The maximum absolute atomic E-state index is 12.2. The van der Waals surface area contributed by atoms with E-state index < -0.39 is 10.8 Å². The van der Waals surface area contributed by atoms with Gasteiger partial charge in [-0.3, -0.25) is 33.8 Å². The van der Waals surface area contributed by atoms with Gasteiger partial charge in [0, 0.05) is 82.6 Å². The minimum atomic E-state index is -0.413. The van der Waals surface area contributed by atoms with Crippen LogP contribution < -0.4 is 34.0 Å². The molecule has 18 nitrogen and oxygen atoms in total. The molecule has 2 bridgehead atoms. The highest BCUT2D eigenvalue weighted by Crippen LogP contribution is 2.43. The third-order valence-corrected chi connectivity index (χ3v) is 28.0. The van der Waals surface area contributed by atoms with Crippen LogP contribution in [0, 0.1) is 71.9 Å². The summed E-state index contributed by atoms with van der Waals surface area (Å²) in [6, 6.07) is 8.97. The molecule has 0 radical (unpaired) electrons. The predicted molar refractivity (Wildman–Crippen MR) is 535 cm³/mol. The van der Waals surface area contributed by atoms with Crippen LogP contribution in [-0.4, -0.2) is 248 Å². The monoisotopic (exact) mass is 2000 g/mol. The number of esters is 5. The van der Waals surface area contributed by atoms with Crippen molar-refractivity contribution in [3.63, 3.8) is 0 Å². The van der Waals surface area contributed by atoms with Crippen LogP contribution in [0.4, 0.5) is 0 Å². The summed E-state index contributed by atoms with van der Waals surface area (Å²) in [7, 11) is 14.0. The number of hydrogen-bond donors (Lipinski definition) is 0. The van der Waals surface area contributed by atoms with Gasteiger partial charge >= 0.3 is 29.8 Å². The highest BCUT2D eigenvalue weighted by Gasteiger charge is 2.45. The van der Waals surface area contributed by atoms with Crippen LogP contribution in [0.25, 0.3) is 0 Å². The Morgan fingerprint density at radius 1 is 0.488 bits per heavy atom. The molecule has 7 heterocycles. The number of hydrogen-bond acceptors (Lipinski definition) is 20. The topological polar surface area (TPSA) is 169 Å². The van der Waals surface area contributed by atoms with Crippen molar-refractivity contribution in [3.05, 3.63) is 47.5 Å². The summed E-state index contributed by atoms with van der Waals surface area (Å²) in [5.41, 5.74) is 3.70. The molecule has 7 fully saturated rings. The summed E-state index contributed by atoms with van der Waals surface area (Å²) in [5.74, 6) is 3.67. The zero-order valence-electron chi connectivity index (χ0n) is 87.9. The molecule has 1 aromatic carbocycles. The first-order valence-corrected chi connectivity index (χ1v) is 52.9. The van der Waals surface area contributed by atoms with Crippen LogP contribution >= 0.6 is 43.2 Å². The molecule has 5 atom stereocenters. The molecule has 24 heteroatoms. The molecule has 7 saturated heterocycles. The number of benzene rings is 1. The lowest BCUT2D eigenvalue weighted by Gasteiger charge is -2.50. The van der Waals surface area contributed by atoms with Crippen molar-refractivity contribution in [1.29, 1.82) is 0 Å². The van der Waals surface area contributed by atoms with Gasteiger partial charge in [-0.25, -0.2) is 0 Å². The Balaban J connectivity index is 0. The molecule has 0 amide bonds. The fraction of sp³-hybridized carbons (Fsp3) is 0.874. The lowest BCUT2D eigenvalue weighted by Crippen LogP contribution is -3.00. The Morgan fingerprint density at radius 2 is 0.945 bits per heavy atom. The molecule has 0 spiro atoms. The number of piperidine rings is 4. The Labute approximate surface area is 817 Å². The molecule has 0 aromatic heterocycles. The number of ether oxygens (including phenoxy) is 8. The van der Waals surface area contributed by atoms with E-state index in [2.05, 4.69) is 225 Å². The standard InChI is InChI=1S/C20H34O5S2.C19H31NS2.C16H31NO3.C15H29NO3.C13H26N.C11H22O2.C9H22N.2BrH/c1-13-14(2)18(24-16(4)22)19(25-17(13)12-23-15(3)21)27-26-11-9-8-10-20(5,6)7;1-19(2,3)15-17-9-5-6-10-18(17)16-22-21-14-13-20-11-7-4-8-12-20;1-15(2,3)7-11-20-14(18)16(4,5)6-8-17-9-12-19-13-10-17;1-14(2,3)12-19-13(17)15(4,5)6-7-16-8-10-18-11-9-16;1-13(2,3)7-11-14-8-4-12(5-9-14)6-10-14;1-10(2,3)7-8-13-9(12)11(4,5)6;1-9(2,3)7-8-10(4,5)6;;/h8-9,13-14,17-19H,10-12H2,1-7H3;5-6,9-10H,4,7-8,11-16H2,1-3H3;6-13H2,1-5H3;6-12H2,1-5H3;12H,4-11H2,1-3H3;7-8H2,1-6H3;7-8H2,1-6H3;2*1H/q;;;;+1;;+1;;/p-2/b9-8-;;;;;;;;/t13-,14-,17?,18?,19-;;;;;;;;/m0......../s1. The number of carbonyl (C=O) groups excluding carboxylic acids is 5. The third-order valence-electron chi connectivity index (χ3n) is 23.3. The van der Waals surface area contributed by atoms with Gasteiger partial charge in [0.05, 0.1) is 122 Å². The maximum atomic E-state index is 12.2. The van der Waals surface area contributed by atoms with E-state index in [1.165, 1.54) is 145 Å². The Morgan fingerprint density at radius 3 is 1.36 bits per heavy atom. The third kappa shape index (κ3) is 66.5. The second kappa shape index (κ2) is 61.5. The Hall–Kier alpha value is -1.65. The molecule has 8 rings (SSSR count). The fourth-order valence-electron chi connectivity index (χ4n) is 13.9. The number of carbonyl (C=O) groups is 5. The maximum Gasteiger partial charge on any atom is 0.311 e. The molecule has 748 valence electrons. The summed E-state index contributed by atoms with van der Waals surface area (Å²) >= 11 is 0. The van der Waals surface area contributed by atoms with Gasteiger partial charge in [0.1, 0.15) is 12.7 Å². The summed E-state index contributed by atoms with van der Waals surface area (Å²) in [4.78, 5) is 65.6. The largest absolute Gasteiger partial charge is 1.00 e. The fourth-order valence-corrected chi connectivity index (χ4v) is 18.4. The second-order valence-electron chi connectivity index (χ2n) is 48.3. The van der Waals surface area contributed by atoms with E-state index in [4.69, 9.17) is 37.9 Å². The molecular weight excluding hydrogens is 1800 g/mol. The highest BCUT2D eigenvalue weighted by molar-refractivity contribution is 8.77. The first-order chi connectivity index (χ1) is 57.3. The molecular formula is C103H195Br2N5O13S4. The van der Waals surface area contributed by atoms with Crippen molar-refractivity contribution in [1.82, 2.24) is 14.7 Å². The predicted octanol–water partition coefficient (Wildman–Crippen LogP) is 17.7. The van der Waals surface area contributed by atoms with Crippen molar-refractivity contribution in [2.75, 3.05) is 177 Å². The van der Waals surface area contributed by atoms with Crippen molar-refractivity contribution in [2.24, 2.45) is 71.9 Å². The Bertz CT molecular complexity index is 3120. The van der Waals surface area contributed by atoms with Gasteiger partial charge in [-0.05, 0) is 206 Å². The molecule has 7 aliphatic heterocycles. The van der Waals surface area contributed by atoms with Crippen LogP contribution in [0.3, 0.4) is 0 Å². The van der Waals surface area contributed by atoms with E-state index in [1.807, 2.05) is 77.0 Å². The molecule has 2 unspecified atom stereocenters. The number of halogens is 2. The van der Waals surface area contributed by atoms with Crippen molar-refractivity contribution in [3.8, 4) is 0 Å². The van der Waals surface area contributed by atoms with Crippen molar-refractivity contribution < 1.29 is 105 Å². The van der Waals surface area contributed by atoms with E-state index in [0.717, 1.165) is 120 Å². The summed E-state index contributed by atoms with van der Waals surface area (Å²) in [6.07, 6.45) is 21.0. The van der Waals surface area contributed by atoms with E-state index >= 15 is 0 Å². The van der Waals surface area contributed by atoms with Gasteiger partial charge in [0.2, 0.25) is 0 Å². The number of allylic oxidation sites excluding steroid dienone is 1. The first kappa shape index (κ1) is 127. The number of likely N-dealkylation sites (tertiary alicyclic amines) is 1. The SMILES string of the molecule is CC(=O)OCC1O[C@@H](SSC/C=C\CC(C)(C)C)C(OC(C)=O)[C@@H](C)[C@@H]1C.CC(C)(C)CCOC(=O)C(C)(C)C.CC(C)(C)CCOC(=O)C(C)(C)CCN1CCOCC1.CC(C)(C)CC[N+](C)(C)C.CC(C)(C)CC[N+]12CCC(CC1)CC2.CC(C)(C)COC(=O)C(C)(C)CCN1CCOCC1.CC(C)(C)Cc1ccccc1CSSCCN1CCCCC1.[Br-].[Br-]. The summed E-state index contributed by atoms with van der Waals surface area (Å²) < 4.78 is 46.1. The van der Waals surface area contributed by atoms with Gasteiger partial charge in [0.15, 0.2) is 5.44 Å². The molecule has 1 aromatic rings. The van der Waals surface area contributed by atoms with Crippen LogP contribution in [0.15, 0.2) is 36.4 Å². The van der Waals surface area contributed by atoms with E-state index in [9.17, 15) is 24.0 Å². The smallest absolute Gasteiger partial charge is 0.311 e. The van der Waals surface area contributed by atoms with Gasteiger partial charge in [-0.15, -0.1) is 0 Å². The summed E-state index contributed by atoms with van der Waals surface area (Å²) in [5, 5.41) is 0. The quantitative estimate of drug-likeness (QED) is 0.0167. The minimum absolute atomic E-state index is 0. The molecule has 0 N–H and O–H groups in total. The van der Waals surface area contributed by atoms with E-state index in [0.29, 0.717) is 36.1 Å². The number of fused-ring (bicyclic) bond motifs is 3. The van der Waals surface area contributed by atoms with Gasteiger partial charge in [-0.2, -0.15) is 0 Å². The zero-order valence-corrected chi connectivity index (χ0v) is 94.4. The van der Waals surface area contributed by atoms with Crippen LogP contribution in [0.1, 0.15) is 316 Å². The summed E-state index contributed by atoms with van der Waals surface area (Å²) in [6.45, 7) is 88.9. The first-order valence-electron chi connectivity index (χ1n) is 48.0. The molecule has 0 saturated carbocycles. The lowest BCUT2D eigenvalue weighted by atomic mass is 9.84. The molecule has 127 heavy (non-hydrogen) atoms. The number of morpholine rings is 2. The van der Waals surface area contributed by atoms with Crippen molar-refractivity contribution >= 4 is 73.0 Å². The van der Waals surface area contributed by atoms with E-state index in [1.54, 1.807) is 21.6 Å². The van der Waals surface area contributed by atoms with Crippen LogP contribution in [0.2, 0.25) is 0 Å². The van der Waals surface area contributed by atoms with Gasteiger partial charge in [-0.1, -0.05) is 245 Å². The van der Waals surface area contributed by atoms with Crippen LogP contribution in [-0.2, 0) is 74.0 Å².